The monoisotopic (exact) mass is 269 g/mol. The molecule has 0 spiro atoms. The average molecular weight is 269 g/mol. The molecule has 0 aliphatic carbocycles. The van der Waals surface area contributed by atoms with Crippen molar-refractivity contribution in [3.8, 4) is 0 Å². The number of nitrogens with zero attached hydrogens (tertiary/aromatic N) is 1. The molecule has 2 aliphatic heterocycles. The molecule has 0 aromatic heterocycles. The second kappa shape index (κ2) is 6.68. The van der Waals surface area contributed by atoms with E-state index in [-0.39, 0.29) is 17.6 Å². The lowest BCUT2D eigenvalue weighted by atomic mass is 9.94. The maximum Gasteiger partial charge on any atom is 0.234 e. The van der Waals surface area contributed by atoms with E-state index in [1.165, 1.54) is 0 Å². The molecule has 2 saturated heterocycles. The van der Waals surface area contributed by atoms with Crippen LogP contribution in [0, 0.1) is 0 Å². The van der Waals surface area contributed by atoms with Crippen LogP contribution in [0.3, 0.4) is 0 Å². The first kappa shape index (κ1) is 14.8. The van der Waals surface area contributed by atoms with Crippen molar-refractivity contribution in [1.82, 2.24) is 15.5 Å². The van der Waals surface area contributed by atoms with Gasteiger partial charge in [0.25, 0.3) is 0 Å². The van der Waals surface area contributed by atoms with Crippen molar-refractivity contribution in [2.24, 2.45) is 0 Å². The summed E-state index contributed by atoms with van der Waals surface area (Å²) in [4.78, 5) is 14.3. The molecule has 5 nitrogen and oxygen atoms in total. The Morgan fingerprint density at radius 2 is 2.26 bits per heavy atom. The normalized spacial score (nSPS) is 28.6. The largest absolute Gasteiger partial charge is 0.375 e. The van der Waals surface area contributed by atoms with E-state index in [0.717, 1.165) is 52.0 Å². The smallest absolute Gasteiger partial charge is 0.234 e. The highest BCUT2D eigenvalue weighted by Crippen LogP contribution is 2.23. The zero-order valence-electron chi connectivity index (χ0n) is 12.2. The summed E-state index contributed by atoms with van der Waals surface area (Å²) in [5.74, 6) is 0.157. The van der Waals surface area contributed by atoms with Gasteiger partial charge in [-0.2, -0.15) is 0 Å². The lowest BCUT2D eigenvalue weighted by molar-refractivity contribution is -0.125. The minimum Gasteiger partial charge on any atom is -0.375 e. The van der Waals surface area contributed by atoms with Crippen molar-refractivity contribution >= 4 is 5.91 Å². The van der Waals surface area contributed by atoms with Gasteiger partial charge in [-0.1, -0.05) is 0 Å². The number of hydrogen-bond acceptors (Lipinski definition) is 4. The van der Waals surface area contributed by atoms with E-state index < -0.39 is 0 Å². The molecule has 1 unspecified atom stereocenters. The van der Waals surface area contributed by atoms with Gasteiger partial charge in [-0.3, -0.25) is 9.69 Å². The van der Waals surface area contributed by atoms with Crippen molar-refractivity contribution in [2.45, 2.75) is 44.8 Å². The average Bonchev–Trinajstić information content (AvgIpc) is 2.56. The minimum atomic E-state index is -0.108. The van der Waals surface area contributed by atoms with Gasteiger partial charge in [0.2, 0.25) is 5.91 Å². The molecule has 1 amide bonds. The van der Waals surface area contributed by atoms with Crippen LogP contribution in [-0.4, -0.2) is 61.8 Å². The SMILES string of the molecule is CC1(C)CC(NC(=O)CN2CCCNCC2)CCO1. The van der Waals surface area contributed by atoms with Crippen LogP contribution in [0.1, 0.15) is 33.1 Å². The van der Waals surface area contributed by atoms with Gasteiger partial charge >= 0.3 is 0 Å². The standard InChI is InChI=1S/C14H27N3O2/c1-14(2)10-12(4-9-19-14)16-13(18)11-17-7-3-5-15-6-8-17/h12,15H,3-11H2,1-2H3,(H,16,18). The first-order valence-corrected chi connectivity index (χ1v) is 7.41. The van der Waals surface area contributed by atoms with Gasteiger partial charge in [0.1, 0.15) is 0 Å². The van der Waals surface area contributed by atoms with Gasteiger partial charge < -0.3 is 15.4 Å². The van der Waals surface area contributed by atoms with Crippen molar-refractivity contribution in [3.63, 3.8) is 0 Å². The summed E-state index contributed by atoms with van der Waals surface area (Å²) in [6, 6.07) is 0.265. The van der Waals surface area contributed by atoms with Crippen LogP contribution in [0.2, 0.25) is 0 Å². The van der Waals surface area contributed by atoms with E-state index in [2.05, 4.69) is 29.4 Å². The highest BCUT2D eigenvalue weighted by molar-refractivity contribution is 5.78. The summed E-state index contributed by atoms with van der Waals surface area (Å²) in [5, 5.41) is 6.51. The van der Waals surface area contributed by atoms with Crippen molar-refractivity contribution in [3.05, 3.63) is 0 Å². The molecule has 19 heavy (non-hydrogen) atoms. The molecule has 2 rings (SSSR count). The molecule has 0 aromatic carbocycles. The van der Waals surface area contributed by atoms with E-state index >= 15 is 0 Å². The van der Waals surface area contributed by atoms with E-state index in [0.29, 0.717) is 6.54 Å². The van der Waals surface area contributed by atoms with Crippen molar-refractivity contribution in [2.75, 3.05) is 39.3 Å². The molecular weight excluding hydrogens is 242 g/mol. The number of nitrogens with one attached hydrogen (secondary N) is 2. The van der Waals surface area contributed by atoms with Crippen molar-refractivity contribution in [1.29, 1.82) is 0 Å². The van der Waals surface area contributed by atoms with Gasteiger partial charge in [0.05, 0.1) is 12.1 Å². The second-order valence-electron chi connectivity index (χ2n) is 6.25. The molecule has 0 aromatic rings. The summed E-state index contributed by atoms with van der Waals surface area (Å²) in [7, 11) is 0. The zero-order valence-corrected chi connectivity index (χ0v) is 12.2. The van der Waals surface area contributed by atoms with Crippen LogP contribution in [0.4, 0.5) is 0 Å². The zero-order chi connectivity index (χ0) is 13.7. The lowest BCUT2D eigenvalue weighted by Crippen LogP contribution is -2.48. The van der Waals surface area contributed by atoms with Crippen LogP contribution in [0.5, 0.6) is 0 Å². The maximum atomic E-state index is 12.1. The number of ether oxygens (including phenoxy) is 1. The maximum absolute atomic E-state index is 12.1. The van der Waals surface area contributed by atoms with Crippen LogP contribution in [0.25, 0.3) is 0 Å². The predicted octanol–water partition coefficient (Wildman–Crippen LogP) is 0.356. The lowest BCUT2D eigenvalue weighted by Gasteiger charge is -2.36. The Labute approximate surface area is 116 Å². The van der Waals surface area contributed by atoms with E-state index in [1.54, 1.807) is 0 Å². The third kappa shape index (κ3) is 5.09. The van der Waals surface area contributed by atoms with Gasteiger partial charge in [0, 0.05) is 25.7 Å². The molecule has 0 bridgehead atoms. The summed E-state index contributed by atoms with van der Waals surface area (Å²) < 4.78 is 5.67. The quantitative estimate of drug-likeness (QED) is 0.776. The number of hydrogen-bond donors (Lipinski definition) is 2. The first-order chi connectivity index (χ1) is 9.05. The van der Waals surface area contributed by atoms with Crippen molar-refractivity contribution < 1.29 is 9.53 Å². The van der Waals surface area contributed by atoms with Crippen LogP contribution in [-0.2, 0) is 9.53 Å². The van der Waals surface area contributed by atoms with Crippen LogP contribution >= 0.6 is 0 Å². The molecule has 0 radical (unpaired) electrons. The van der Waals surface area contributed by atoms with Crippen LogP contribution in [0.15, 0.2) is 0 Å². The summed E-state index contributed by atoms with van der Waals surface area (Å²) >= 11 is 0. The molecule has 2 aliphatic rings. The minimum absolute atomic E-state index is 0.108. The summed E-state index contributed by atoms with van der Waals surface area (Å²) in [6.45, 7) is 9.47. The Hall–Kier alpha value is -0.650. The van der Waals surface area contributed by atoms with E-state index in [1.807, 2.05) is 0 Å². The molecule has 1 atom stereocenters. The highest BCUT2D eigenvalue weighted by atomic mass is 16.5. The fraction of sp³-hybridized carbons (Fsp3) is 0.929. The molecular formula is C14H27N3O2. The Balaban J connectivity index is 1.74. The number of carbonyl (C=O) groups is 1. The van der Waals surface area contributed by atoms with Crippen LogP contribution < -0.4 is 10.6 Å². The third-order valence-corrected chi connectivity index (χ3v) is 3.86. The van der Waals surface area contributed by atoms with Gasteiger partial charge in [-0.25, -0.2) is 0 Å². The molecule has 0 saturated carbocycles. The Kier molecular flexibility index (Phi) is 5.19. The fourth-order valence-electron chi connectivity index (χ4n) is 2.89. The topological polar surface area (TPSA) is 53.6 Å². The Bertz CT molecular complexity index is 299. The van der Waals surface area contributed by atoms with Gasteiger partial charge in [-0.15, -0.1) is 0 Å². The Morgan fingerprint density at radius 1 is 1.42 bits per heavy atom. The first-order valence-electron chi connectivity index (χ1n) is 7.41. The van der Waals surface area contributed by atoms with E-state index in [9.17, 15) is 4.79 Å². The summed E-state index contributed by atoms with van der Waals surface area (Å²) in [6.07, 6.45) is 2.95. The van der Waals surface area contributed by atoms with Gasteiger partial charge in [0.15, 0.2) is 0 Å². The second-order valence-corrected chi connectivity index (χ2v) is 6.25. The molecule has 2 heterocycles. The number of amides is 1. The Morgan fingerprint density at radius 3 is 3.05 bits per heavy atom. The third-order valence-electron chi connectivity index (χ3n) is 3.86. The molecule has 2 N–H and O–H groups in total. The summed E-state index contributed by atoms with van der Waals surface area (Å²) in [5.41, 5.74) is -0.108. The number of rotatable bonds is 3. The molecule has 110 valence electrons. The van der Waals surface area contributed by atoms with Gasteiger partial charge in [-0.05, 0) is 46.2 Å². The highest BCUT2D eigenvalue weighted by Gasteiger charge is 2.29. The van der Waals surface area contributed by atoms with E-state index in [4.69, 9.17) is 4.74 Å². The molecule has 5 heteroatoms. The number of carbonyl (C=O) groups excluding carboxylic acids is 1. The molecule has 2 fully saturated rings. The fourth-order valence-corrected chi connectivity index (χ4v) is 2.89. The predicted molar refractivity (Wildman–Crippen MR) is 75.1 cm³/mol.